The second-order valence-corrected chi connectivity index (χ2v) is 1.62. The monoisotopic (exact) mass is 156 g/mol. The molecule has 0 amide bonds. The molecule has 1 aromatic rings. The number of carboxylic acid groups (broad SMARTS) is 1. The molecular weight excluding hydrogens is 148 g/mol. The van der Waals surface area contributed by atoms with E-state index in [2.05, 4.69) is 9.97 Å². The zero-order valence-electron chi connectivity index (χ0n) is 5.93. The minimum atomic E-state index is -0.833. The van der Waals surface area contributed by atoms with Gasteiger partial charge in [0, 0.05) is 6.92 Å². The summed E-state index contributed by atoms with van der Waals surface area (Å²) in [5.74, 6) is -0.734. The normalized spacial score (nSPS) is 7.73. The van der Waals surface area contributed by atoms with E-state index >= 15 is 0 Å². The van der Waals surface area contributed by atoms with E-state index in [1.807, 2.05) is 0 Å². The summed E-state index contributed by atoms with van der Waals surface area (Å²) < 4.78 is 0. The van der Waals surface area contributed by atoms with Gasteiger partial charge in [0.05, 0.1) is 12.4 Å². The molecule has 0 fully saturated rings. The molecule has 60 valence electrons. The van der Waals surface area contributed by atoms with Crippen molar-refractivity contribution in [1.29, 1.82) is 0 Å². The Morgan fingerprint density at radius 1 is 1.45 bits per heavy atom. The van der Waals surface area contributed by atoms with Crippen LogP contribution >= 0.6 is 0 Å². The van der Waals surface area contributed by atoms with Crippen molar-refractivity contribution in [3.8, 4) is 5.75 Å². The zero-order valence-corrected chi connectivity index (χ0v) is 5.93. The Kier molecular flexibility index (Phi) is 4.39. The number of nitrogens with zero attached hydrogens (tertiary/aromatic N) is 2. The number of carboxylic acids is 1. The van der Waals surface area contributed by atoms with Crippen molar-refractivity contribution in [2.45, 2.75) is 6.92 Å². The second-order valence-electron chi connectivity index (χ2n) is 1.62. The quantitative estimate of drug-likeness (QED) is 0.563. The van der Waals surface area contributed by atoms with Gasteiger partial charge in [-0.15, -0.1) is 0 Å². The predicted molar refractivity (Wildman–Crippen MR) is 37.0 cm³/mol. The highest BCUT2D eigenvalue weighted by molar-refractivity contribution is 5.62. The van der Waals surface area contributed by atoms with Gasteiger partial charge in [0.15, 0.2) is 5.75 Å². The van der Waals surface area contributed by atoms with E-state index in [1.165, 1.54) is 18.7 Å². The Labute approximate surface area is 63.4 Å². The standard InChI is InChI=1S/C4H4N2O.C2H4O2/c7-4-1-5-3-6-2-4;1-2(3)4/h1-3,7H;1H3,(H,3,4). The lowest BCUT2D eigenvalue weighted by atomic mass is 10.6. The molecule has 0 saturated carbocycles. The molecule has 2 N–H and O–H groups in total. The Balaban J connectivity index is 0.000000218. The number of hydrogen-bond donors (Lipinski definition) is 2. The topological polar surface area (TPSA) is 83.3 Å². The first-order valence-corrected chi connectivity index (χ1v) is 2.76. The van der Waals surface area contributed by atoms with Crippen LogP contribution < -0.4 is 0 Å². The fourth-order valence-electron chi connectivity index (χ4n) is 0.291. The van der Waals surface area contributed by atoms with Crippen LogP contribution in [0.5, 0.6) is 5.75 Å². The summed E-state index contributed by atoms with van der Waals surface area (Å²) in [4.78, 5) is 16.0. The van der Waals surface area contributed by atoms with E-state index in [0.29, 0.717) is 0 Å². The fourth-order valence-corrected chi connectivity index (χ4v) is 0.291. The van der Waals surface area contributed by atoms with Crippen LogP contribution in [0.1, 0.15) is 6.92 Å². The van der Waals surface area contributed by atoms with Gasteiger partial charge < -0.3 is 10.2 Å². The number of aromatic hydroxyl groups is 1. The van der Waals surface area contributed by atoms with Crippen molar-refractivity contribution in [1.82, 2.24) is 9.97 Å². The molecule has 1 heterocycles. The highest BCUT2D eigenvalue weighted by atomic mass is 16.4. The maximum absolute atomic E-state index is 9.00. The van der Waals surface area contributed by atoms with Gasteiger partial charge in [-0.05, 0) is 0 Å². The van der Waals surface area contributed by atoms with Crippen molar-refractivity contribution < 1.29 is 15.0 Å². The molecule has 0 atom stereocenters. The molecule has 5 heteroatoms. The number of rotatable bonds is 0. The number of hydrogen-bond acceptors (Lipinski definition) is 4. The molecule has 0 aromatic carbocycles. The van der Waals surface area contributed by atoms with Gasteiger partial charge in [-0.3, -0.25) is 4.79 Å². The predicted octanol–water partition coefficient (Wildman–Crippen LogP) is 0.273. The van der Waals surface area contributed by atoms with Gasteiger partial charge in [0.2, 0.25) is 0 Å². The average Bonchev–Trinajstić information content (AvgIpc) is 1.87. The smallest absolute Gasteiger partial charge is 0.300 e. The van der Waals surface area contributed by atoms with Crippen molar-refractivity contribution in [3.05, 3.63) is 18.7 Å². The largest absolute Gasteiger partial charge is 0.505 e. The van der Waals surface area contributed by atoms with Crippen molar-refractivity contribution in [2.75, 3.05) is 0 Å². The van der Waals surface area contributed by atoms with E-state index in [9.17, 15) is 0 Å². The lowest BCUT2D eigenvalue weighted by Gasteiger charge is -1.81. The average molecular weight is 156 g/mol. The van der Waals surface area contributed by atoms with Gasteiger partial charge in [-0.1, -0.05) is 0 Å². The first-order valence-electron chi connectivity index (χ1n) is 2.76. The SMILES string of the molecule is CC(=O)O.Oc1cncnc1. The van der Waals surface area contributed by atoms with Gasteiger partial charge in [0.25, 0.3) is 5.97 Å². The van der Waals surface area contributed by atoms with Crippen LogP contribution in [0, 0.1) is 0 Å². The maximum Gasteiger partial charge on any atom is 0.300 e. The van der Waals surface area contributed by atoms with Crippen LogP contribution in [0.4, 0.5) is 0 Å². The molecule has 1 aromatic heterocycles. The summed E-state index contributed by atoms with van der Waals surface area (Å²) in [7, 11) is 0. The summed E-state index contributed by atoms with van der Waals surface area (Å²) in [6.07, 6.45) is 4.01. The van der Waals surface area contributed by atoms with E-state index in [4.69, 9.17) is 15.0 Å². The Morgan fingerprint density at radius 2 is 1.82 bits per heavy atom. The lowest BCUT2D eigenvalue weighted by molar-refractivity contribution is -0.134. The van der Waals surface area contributed by atoms with Crippen LogP contribution in [-0.4, -0.2) is 26.2 Å². The fraction of sp³-hybridized carbons (Fsp3) is 0.167. The molecule has 0 radical (unpaired) electrons. The Hall–Kier alpha value is -1.65. The molecule has 1 rings (SSSR count). The first-order chi connectivity index (χ1) is 5.13. The molecule has 0 spiro atoms. The van der Waals surface area contributed by atoms with Crippen molar-refractivity contribution in [3.63, 3.8) is 0 Å². The minimum absolute atomic E-state index is 0.0995. The number of aliphatic carboxylic acids is 1. The van der Waals surface area contributed by atoms with Gasteiger partial charge in [-0.2, -0.15) is 0 Å². The van der Waals surface area contributed by atoms with Crippen LogP contribution in [-0.2, 0) is 4.79 Å². The number of aromatic nitrogens is 2. The third kappa shape index (κ3) is 8.35. The molecule has 0 bridgehead atoms. The van der Waals surface area contributed by atoms with Crippen LogP contribution in [0.15, 0.2) is 18.7 Å². The van der Waals surface area contributed by atoms with Crippen molar-refractivity contribution in [2.24, 2.45) is 0 Å². The van der Waals surface area contributed by atoms with E-state index in [0.717, 1.165) is 6.92 Å². The highest BCUT2D eigenvalue weighted by Gasteiger charge is 1.77. The Bertz CT molecular complexity index is 208. The van der Waals surface area contributed by atoms with Crippen molar-refractivity contribution >= 4 is 5.97 Å². The maximum atomic E-state index is 9.00. The van der Waals surface area contributed by atoms with Crippen LogP contribution in [0.2, 0.25) is 0 Å². The summed E-state index contributed by atoms with van der Waals surface area (Å²) in [5.41, 5.74) is 0. The molecule has 0 aliphatic carbocycles. The Morgan fingerprint density at radius 3 is 2.00 bits per heavy atom. The van der Waals surface area contributed by atoms with E-state index in [-0.39, 0.29) is 5.75 Å². The third-order valence-corrected chi connectivity index (χ3v) is 0.547. The lowest BCUT2D eigenvalue weighted by Crippen LogP contribution is -1.78. The van der Waals surface area contributed by atoms with E-state index < -0.39 is 5.97 Å². The summed E-state index contributed by atoms with van der Waals surface area (Å²) in [6, 6.07) is 0. The molecule has 0 unspecified atom stereocenters. The summed E-state index contributed by atoms with van der Waals surface area (Å²) >= 11 is 0. The summed E-state index contributed by atoms with van der Waals surface area (Å²) in [6.45, 7) is 1.08. The number of carbonyl (C=O) groups is 1. The van der Waals surface area contributed by atoms with Gasteiger partial charge >= 0.3 is 0 Å². The van der Waals surface area contributed by atoms with E-state index in [1.54, 1.807) is 0 Å². The molecule has 0 aliphatic heterocycles. The van der Waals surface area contributed by atoms with Crippen LogP contribution in [0.25, 0.3) is 0 Å². The second kappa shape index (κ2) is 5.16. The molecule has 5 nitrogen and oxygen atoms in total. The third-order valence-electron chi connectivity index (χ3n) is 0.547. The minimum Gasteiger partial charge on any atom is -0.505 e. The highest BCUT2D eigenvalue weighted by Crippen LogP contribution is 1.96. The molecule has 0 saturated heterocycles. The summed E-state index contributed by atoms with van der Waals surface area (Å²) in [5, 5.41) is 15.9. The molecule has 11 heavy (non-hydrogen) atoms. The van der Waals surface area contributed by atoms with Gasteiger partial charge in [-0.25, -0.2) is 9.97 Å². The molecular formula is C6H8N2O3. The van der Waals surface area contributed by atoms with Crippen LogP contribution in [0.3, 0.4) is 0 Å². The zero-order chi connectivity index (χ0) is 8.69. The van der Waals surface area contributed by atoms with Gasteiger partial charge in [0.1, 0.15) is 6.33 Å². The molecule has 0 aliphatic rings. The first kappa shape index (κ1) is 9.35.